The summed E-state index contributed by atoms with van der Waals surface area (Å²) in [6.45, 7) is 7.22. The molecule has 0 fully saturated rings. The molecule has 118 valence electrons. The lowest BCUT2D eigenvalue weighted by Crippen LogP contribution is -2.42. The second kappa shape index (κ2) is 6.22. The average molecular weight is 302 g/mol. The highest BCUT2D eigenvalue weighted by Gasteiger charge is 2.22. The molecular formula is C17H22N2O3. The van der Waals surface area contributed by atoms with E-state index in [1.165, 1.54) is 0 Å². The first kappa shape index (κ1) is 16.1. The lowest BCUT2D eigenvalue weighted by molar-refractivity contribution is -0.131. The van der Waals surface area contributed by atoms with E-state index in [1.54, 1.807) is 20.8 Å². The van der Waals surface area contributed by atoms with Gasteiger partial charge in [-0.3, -0.25) is 9.59 Å². The van der Waals surface area contributed by atoms with Gasteiger partial charge in [0.25, 0.3) is 0 Å². The van der Waals surface area contributed by atoms with Crippen LogP contribution in [0.2, 0.25) is 0 Å². The maximum Gasteiger partial charge on any atom is 0.239 e. The van der Waals surface area contributed by atoms with Crippen molar-refractivity contribution in [3.8, 4) is 0 Å². The molecule has 1 aromatic heterocycles. The highest BCUT2D eigenvalue weighted by molar-refractivity contribution is 5.87. The van der Waals surface area contributed by atoms with Crippen molar-refractivity contribution in [1.29, 1.82) is 0 Å². The van der Waals surface area contributed by atoms with Crippen molar-refractivity contribution in [3.05, 3.63) is 36.1 Å². The fourth-order valence-corrected chi connectivity index (χ4v) is 2.01. The summed E-state index contributed by atoms with van der Waals surface area (Å²) >= 11 is 0. The number of hydrogen-bond acceptors (Lipinski definition) is 3. The highest BCUT2D eigenvalue weighted by atomic mass is 16.3. The van der Waals surface area contributed by atoms with Gasteiger partial charge in [-0.15, -0.1) is 0 Å². The Bertz CT molecular complexity index is 650. The van der Waals surface area contributed by atoms with E-state index in [0.717, 1.165) is 11.0 Å². The Balaban J connectivity index is 1.92. The van der Waals surface area contributed by atoms with E-state index in [2.05, 4.69) is 10.6 Å². The first-order valence-corrected chi connectivity index (χ1v) is 7.33. The lowest BCUT2D eigenvalue weighted by atomic mass is 9.96. The molecule has 0 aliphatic rings. The van der Waals surface area contributed by atoms with E-state index in [0.29, 0.717) is 5.76 Å². The molecule has 2 rings (SSSR count). The molecular weight excluding hydrogens is 280 g/mol. The molecule has 0 bridgehead atoms. The van der Waals surface area contributed by atoms with Crippen molar-refractivity contribution in [1.82, 2.24) is 10.6 Å². The first-order valence-electron chi connectivity index (χ1n) is 7.33. The molecule has 0 aliphatic heterocycles. The van der Waals surface area contributed by atoms with Gasteiger partial charge in [-0.25, -0.2) is 0 Å². The number of carbonyl (C=O) groups is 2. The standard InChI is InChI=1S/C17H22N2O3/c1-11(14-9-12-7-5-6-8-13(12)22-14)19-15(20)10-18-16(21)17(2,3)4/h5-9,11H,10H2,1-4H3,(H,18,21)(H,19,20)/t11-/m1/s1. The number of benzene rings is 1. The van der Waals surface area contributed by atoms with Crippen LogP contribution >= 0.6 is 0 Å². The first-order chi connectivity index (χ1) is 10.3. The number of nitrogens with one attached hydrogen (secondary N) is 2. The van der Waals surface area contributed by atoms with Crippen LogP contribution in [-0.2, 0) is 9.59 Å². The molecule has 5 nitrogen and oxygen atoms in total. The fourth-order valence-electron chi connectivity index (χ4n) is 2.01. The van der Waals surface area contributed by atoms with E-state index < -0.39 is 5.41 Å². The molecule has 22 heavy (non-hydrogen) atoms. The summed E-state index contributed by atoms with van der Waals surface area (Å²) in [5, 5.41) is 6.44. The largest absolute Gasteiger partial charge is 0.459 e. The van der Waals surface area contributed by atoms with Crippen molar-refractivity contribution in [3.63, 3.8) is 0 Å². The Labute approximate surface area is 130 Å². The van der Waals surface area contributed by atoms with Gasteiger partial charge < -0.3 is 15.1 Å². The van der Waals surface area contributed by atoms with E-state index in [9.17, 15) is 9.59 Å². The number of fused-ring (bicyclic) bond motifs is 1. The molecule has 0 saturated carbocycles. The summed E-state index contributed by atoms with van der Waals surface area (Å²) in [5.41, 5.74) is 0.282. The number of para-hydroxylation sites is 1. The zero-order chi connectivity index (χ0) is 16.3. The van der Waals surface area contributed by atoms with E-state index in [1.807, 2.05) is 37.3 Å². The third-order valence-corrected chi connectivity index (χ3v) is 3.34. The molecule has 0 unspecified atom stereocenters. The number of furan rings is 1. The van der Waals surface area contributed by atoms with Gasteiger partial charge in [0.2, 0.25) is 11.8 Å². The van der Waals surface area contributed by atoms with Crippen molar-refractivity contribution in [2.45, 2.75) is 33.7 Å². The van der Waals surface area contributed by atoms with Gasteiger partial charge in [0.05, 0.1) is 12.6 Å². The smallest absolute Gasteiger partial charge is 0.239 e. The van der Waals surface area contributed by atoms with Crippen LogP contribution in [0, 0.1) is 5.41 Å². The Morgan fingerprint density at radius 2 is 1.91 bits per heavy atom. The molecule has 0 spiro atoms. The minimum absolute atomic E-state index is 0.0410. The summed E-state index contributed by atoms with van der Waals surface area (Å²) in [7, 11) is 0. The average Bonchev–Trinajstić information content (AvgIpc) is 2.87. The minimum atomic E-state index is -0.509. The van der Waals surface area contributed by atoms with Crippen molar-refractivity contribution in [2.75, 3.05) is 6.54 Å². The molecule has 0 radical (unpaired) electrons. The second-order valence-corrected chi connectivity index (χ2v) is 6.41. The van der Waals surface area contributed by atoms with Gasteiger partial charge in [-0.1, -0.05) is 39.0 Å². The number of rotatable bonds is 4. The Morgan fingerprint density at radius 3 is 2.55 bits per heavy atom. The summed E-state index contributed by atoms with van der Waals surface area (Å²) in [6.07, 6.45) is 0. The number of amides is 2. The Kier molecular flexibility index (Phi) is 4.54. The van der Waals surface area contributed by atoms with Gasteiger partial charge in [0.15, 0.2) is 0 Å². The molecule has 2 N–H and O–H groups in total. The zero-order valence-corrected chi connectivity index (χ0v) is 13.4. The third-order valence-electron chi connectivity index (χ3n) is 3.34. The van der Waals surface area contributed by atoms with Crippen LogP contribution in [0.5, 0.6) is 0 Å². The second-order valence-electron chi connectivity index (χ2n) is 6.41. The van der Waals surface area contributed by atoms with Crippen LogP contribution in [0.4, 0.5) is 0 Å². The summed E-state index contributed by atoms with van der Waals surface area (Å²) < 4.78 is 5.71. The fraction of sp³-hybridized carbons (Fsp3) is 0.412. The molecule has 2 aromatic rings. The van der Waals surface area contributed by atoms with Crippen molar-refractivity contribution >= 4 is 22.8 Å². The van der Waals surface area contributed by atoms with Gasteiger partial charge in [-0.2, -0.15) is 0 Å². The van der Waals surface area contributed by atoms with Gasteiger partial charge in [0, 0.05) is 10.8 Å². The van der Waals surface area contributed by atoms with Crippen LogP contribution in [-0.4, -0.2) is 18.4 Å². The highest BCUT2D eigenvalue weighted by Crippen LogP contribution is 2.23. The monoisotopic (exact) mass is 302 g/mol. The molecule has 5 heteroatoms. The zero-order valence-electron chi connectivity index (χ0n) is 13.4. The maximum atomic E-state index is 11.9. The minimum Gasteiger partial charge on any atom is -0.459 e. The lowest BCUT2D eigenvalue weighted by Gasteiger charge is -2.18. The van der Waals surface area contributed by atoms with Crippen LogP contribution < -0.4 is 10.6 Å². The van der Waals surface area contributed by atoms with Crippen molar-refractivity contribution in [2.24, 2.45) is 5.41 Å². The summed E-state index contributed by atoms with van der Waals surface area (Å²) in [6, 6.07) is 9.34. The Morgan fingerprint density at radius 1 is 1.23 bits per heavy atom. The van der Waals surface area contributed by atoms with Crippen molar-refractivity contribution < 1.29 is 14.0 Å². The SMILES string of the molecule is C[C@@H](NC(=O)CNC(=O)C(C)(C)C)c1cc2ccccc2o1. The molecule has 1 heterocycles. The number of hydrogen-bond donors (Lipinski definition) is 2. The number of carbonyl (C=O) groups excluding carboxylic acids is 2. The molecule has 0 aliphatic carbocycles. The van der Waals surface area contributed by atoms with Crippen LogP contribution in [0.25, 0.3) is 11.0 Å². The van der Waals surface area contributed by atoms with E-state index >= 15 is 0 Å². The molecule has 1 aromatic carbocycles. The van der Waals surface area contributed by atoms with Gasteiger partial charge in [0.1, 0.15) is 11.3 Å². The molecule has 0 saturated heterocycles. The topological polar surface area (TPSA) is 71.3 Å². The summed E-state index contributed by atoms with van der Waals surface area (Å²) in [4.78, 5) is 23.6. The predicted octanol–water partition coefficient (Wildman–Crippen LogP) is 2.77. The Hall–Kier alpha value is -2.30. The predicted molar refractivity (Wildman–Crippen MR) is 85.2 cm³/mol. The van der Waals surface area contributed by atoms with E-state index in [-0.39, 0.29) is 24.4 Å². The maximum absolute atomic E-state index is 11.9. The molecule has 2 amide bonds. The van der Waals surface area contributed by atoms with E-state index in [4.69, 9.17) is 4.42 Å². The van der Waals surface area contributed by atoms with Gasteiger partial charge >= 0.3 is 0 Å². The quantitative estimate of drug-likeness (QED) is 0.912. The van der Waals surface area contributed by atoms with Crippen LogP contribution in [0.15, 0.2) is 34.7 Å². The van der Waals surface area contributed by atoms with Gasteiger partial charge in [-0.05, 0) is 19.1 Å². The normalized spacial score (nSPS) is 12.9. The van der Waals surface area contributed by atoms with Crippen LogP contribution in [0.3, 0.4) is 0 Å². The third kappa shape index (κ3) is 3.87. The summed E-state index contributed by atoms with van der Waals surface area (Å²) in [5.74, 6) is 0.293. The van der Waals surface area contributed by atoms with Crippen LogP contribution in [0.1, 0.15) is 39.5 Å². The molecule has 1 atom stereocenters.